The lowest BCUT2D eigenvalue weighted by atomic mass is 10.0. The lowest BCUT2D eigenvalue weighted by molar-refractivity contribution is -0.145. The highest BCUT2D eigenvalue weighted by Gasteiger charge is 2.40. The first-order valence-electron chi connectivity index (χ1n) is 11.1. The Morgan fingerprint density at radius 2 is 1.81 bits per heavy atom. The molecule has 31 heavy (non-hydrogen) atoms. The van der Waals surface area contributed by atoms with E-state index in [1.807, 2.05) is 38.1 Å². The lowest BCUT2D eigenvalue weighted by Crippen LogP contribution is -2.44. The number of carboxylic acid groups (broad SMARTS) is 1. The van der Waals surface area contributed by atoms with E-state index in [1.54, 1.807) is 6.08 Å². The van der Waals surface area contributed by atoms with Gasteiger partial charge in [-0.15, -0.1) is 0 Å². The minimum atomic E-state index is -1.03. The average Bonchev–Trinajstić information content (AvgIpc) is 2.99. The molecule has 1 atom stereocenters. The molecule has 0 bridgehead atoms. The van der Waals surface area contributed by atoms with Gasteiger partial charge in [0.25, 0.3) is 5.91 Å². The zero-order valence-electron chi connectivity index (χ0n) is 18.6. The molecule has 1 aromatic carbocycles. The van der Waals surface area contributed by atoms with E-state index < -0.39 is 12.0 Å². The minimum absolute atomic E-state index is 0.138. The van der Waals surface area contributed by atoms with Crippen LogP contribution in [0.3, 0.4) is 0 Å². The second-order valence-electron chi connectivity index (χ2n) is 8.22. The monoisotopic (exact) mass is 463 g/mol. The first kappa shape index (κ1) is 25.4. The second kappa shape index (κ2) is 12.9. The molecule has 7 heteroatoms. The Hall–Kier alpha value is -1.86. The van der Waals surface area contributed by atoms with E-state index in [9.17, 15) is 14.7 Å². The van der Waals surface area contributed by atoms with Gasteiger partial charge in [0.05, 0.1) is 11.5 Å². The van der Waals surface area contributed by atoms with E-state index in [0.717, 1.165) is 29.5 Å². The van der Waals surface area contributed by atoms with Gasteiger partial charge in [-0.1, -0.05) is 89.0 Å². The summed E-state index contributed by atoms with van der Waals surface area (Å²) in [6, 6.07) is 6.64. The van der Waals surface area contributed by atoms with Gasteiger partial charge in [-0.3, -0.25) is 9.69 Å². The van der Waals surface area contributed by atoms with Gasteiger partial charge < -0.3 is 9.84 Å². The van der Waals surface area contributed by atoms with Crippen LogP contribution in [0.1, 0.15) is 71.3 Å². The predicted octanol–water partition coefficient (Wildman–Crippen LogP) is 6.13. The number of ether oxygens (including phenoxy) is 1. The minimum Gasteiger partial charge on any atom is -0.494 e. The number of nitrogens with zero attached hydrogens (tertiary/aromatic N) is 1. The summed E-state index contributed by atoms with van der Waals surface area (Å²) in [5.74, 6) is -0.427. The SMILES string of the molecule is CCCCCCCCOc1ccc(C=C2SC(=S)N(C(CC(C)C)C(=O)O)C2=O)cc1. The van der Waals surface area contributed by atoms with Crippen molar-refractivity contribution in [3.8, 4) is 5.75 Å². The van der Waals surface area contributed by atoms with Crippen LogP contribution in [0.2, 0.25) is 0 Å². The average molecular weight is 464 g/mol. The fourth-order valence-electron chi connectivity index (χ4n) is 3.40. The highest BCUT2D eigenvalue weighted by molar-refractivity contribution is 8.26. The first-order valence-corrected chi connectivity index (χ1v) is 12.3. The van der Waals surface area contributed by atoms with Crippen molar-refractivity contribution in [1.29, 1.82) is 0 Å². The van der Waals surface area contributed by atoms with Gasteiger partial charge >= 0.3 is 5.97 Å². The molecule has 1 saturated heterocycles. The Morgan fingerprint density at radius 1 is 1.16 bits per heavy atom. The number of thioether (sulfide) groups is 1. The van der Waals surface area contributed by atoms with E-state index in [4.69, 9.17) is 17.0 Å². The van der Waals surface area contributed by atoms with Gasteiger partial charge in [0.15, 0.2) is 0 Å². The zero-order valence-corrected chi connectivity index (χ0v) is 20.3. The zero-order chi connectivity index (χ0) is 22.8. The summed E-state index contributed by atoms with van der Waals surface area (Å²) >= 11 is 6.47. The normalized spacial score (nSPS) is 16.4. The fourth-order valence-corrected chi connectivity index (χ4v) is 4.75. The van der Waals surface area contributed by atoms with Gasteiger partial charge in [-0.2, -0.15) is 0 Å². The maximum Gasteiger partial charge on any atom is 0.326 e. The smallest absolute Gasteiger partial charge is 0.326 e. The largest absolute Gasteiger partial charge is 0.494 e. The van der Waals surface area contributed by atoms with Gasteiger partial charge in [0.1, 0.15) is 16.1 Å². The second-order valence-corrected chi connectivity index (χ2v) is 9.90. The van der Waals surface area contributed by atoms with Crippen LogP contribution < -0.4 is 4.74 Å². The number of carbonyl (C=O) groups excluding carboxylic acids is 1. The third-order valence-corrected chi connectivity index (χ3v) is 6.39. The number of hydrogen-bond acceptors (Lipinski definition) is 5. The number of hydrogen-bond donors (Lipinski definition) is 1. The molecule has 1 N–H and O–H groups in total. The summed E-state index contributed by atoms with van der Waals surface area (Å²) in [7, 11) is 0. The van der Waals surface area contributed by atoms with Crippen molar-refractivity contribution >= 4 is 46.3 Å². The molecular weight excluding hydrogens is 430 g/mol. The number of carboxylic acids is 1. The first-order chi connectivity index (χ1) is 14.8. The Balaban J connectivity index is 1.94. The molecule has 1 aromatic rings. The fraction of sp³-hybridized carbons (Fsp3) is 0.542. The van der Waals surface area contributed by atoms with Gasteiger partial charge in [-0.05, 0) is 42.5 Å². The van der Waals surface area contributed by atoms with E-state index >= 15 is 0 Å². The molecule has 0 radical (unpaired) electrons. The van der Waals surface area contributed by atoms with Gasteiger partial charge in [0, 0.05) is 0 Å². The molecule has 0 aromatic heterocycles. The molecule has 1 aliphatic rings. The number of aliphatic carboxylic acids is 1. The predicted molar refractivity (Wildman–Crippen MR) is 131 cm³/mol. The molecule has 170 valence electrons. The maximum absolute atomic E-state index is 12.8. The van der Waals surface area contributed by atoms with Crippen LogP contribution in [0.4, 0.5) is 0 Å². The maximum atomic E-state index is 12.8. The molecule has 0 saturated carbocycles. The third-order valence-electron chi connectivity index (χ3n) is 5.06. The topological polar surface area (TPSA) is 66.8 Å². The summed E-state index contributed by atoms with van der Waals surface area (Å²) in [5.41, 5.74) is 0.850. The van der Waals surface area contributed by atoms with E-state index in [0.29, 0.717) is 22.3 Å². The molecule has 2 rings (SSSR count). The van der Waals surface area contributed by atoms with Crippen LogP contribution in [0.5, 0.6) is 5.75 Å². The molecule has 1 unspecified atom stereocenters. The molecule has 1 amide bonds. The number of carbonyl (C=O) groups is 2. The molecule has 5 nitrogen and oxygen atoms in total. The number of unbranched alkanes of at least 4 members (excludes halogenated alkanes) is 5. The Labute approximate surface area is 195 Å². The standard InChI is InChI=1S/C24H33NO4S2/c1-4-5-6-7-8-9-14-29-19-12-10-18(11-13-19)16-21-22(26)25(24(30)31-21)20(23(27)28)15-17(2)3/h10-13,16-17,20H,4-9,14-15H2,1-3H3,(H,27,28). The number of thiocarbonyl (C=S) groups is 1. The van der Waals surface area contributed by atoms with E-state index in [1.165, 1.54) is 37.0 Å². The van der Waals surface area contributed by atoms with E-state index in [2.05, 4.69) is 6.92 Å². The van der Waals surface area contributed by atoms with Crippen LogP contribution in [-0.4, -0.2) is 38.9 Å². The van der Waals surface area contributed by atoms with Crippen molar-refractivity contribution in [3.05, 3.63) is 34.7 Å². The molecule has 1 fully saturated rings. The van der Waals surface area contributed by atoms with Gasteiger partial charge in [0.2, 0.25) is 0 Å². The molecule has 0 spiro atoms. The third kappa shape index (κ3) is 7.96. The van der Waals surface area contributed by atoms with Crippen molar-refractivity contribution in [2.45, 2.75) is 71.8 Å². The van der Waals surface area contributed by atoms with Crippen LogP contribution in [0.15, 0.2) is 29.2 Å². The van der Waals surface area contributed by atoms with Crippen molar-refractivity contribution in [1.82, 2.24) is 4.90 Å². The van der Waals surface area contributed by atoms with Gasteiger partial charge in [-0.25, -0.2) is 4.79 Å². The van der Waals surface area contributed by atoms with Crippen molar-refractivity contribution < 1.29 is 19.4 Å². The van der Waals surface area contributed by atoms with Crippen LogP contribution in [0, 0.1) is 5.92 Å². The quantitative estimate of drug-likeness (QED) is 0.216. The molecule has 1 aliphatic heterocycles. The lowest BCUT2D eigenvalue weighted by Gasteiger charge is -2.24. The van der Waals surface area contributed by atoms with Crippen LogP contribution in [0.25, 0.3) is 6.08 Å². The van der Waals surface area contributed by atoms with Crippen LogP contribution >= 0.6 is 24.0 Å². The summed E-state index contributed by atoms with van der Waals surface area (Å²) in [6.45, 7) is 6.78. The Kier molecular flexibility index (Phi) is 10.5. The summed E-state index contributed by atoms with van der Waals surface area (Å²) in [5, 5.41) is 9.57. The summed E-state index contributed by atoms with van der Waals surface area (Å²) < 4.78 is 6.10. The van der Waals surface area contributed by atoms with Crippen molar-refractivity contribution in [3.63, 3.8) is 0 Å². The summed E-state index contributed by atoms with van der Waals surface area (Å²) in [6.07, 6.45) is 9.46. The number of rotatable bonds is 13. The molecule has 0 aliphatic carbocycles. The van der Waals surface area contributed by atoms with E-state index in [-0.39, 0.29) is 11.8 Å². The number of amides is 1. The highest BCUT2D eigenvalue weighted by Crippen LogP contribution is 2.35. The molecular formula is C24H33NO4S2. The number of benzene rings is 1. The molecule has 1 heterocycles. The highest BCUT2D eigenvalue weighted by atomic mass is 32.2. The Bertz CT molecular complexity index is 789. The van der Waals surface area contributed by atoms with Crippen molar-refractivity contribution in [2.24, 2.45) is 5.92 Å². The van der Waals surface area contributed by atoms with Crippen molar-refractivity contribution in [2.75, 3.05) is 6.61 Å². The van der Waals surface area contributed by atoms with Crippen LogP contribution in [-0.2, 0) is 9.59 Å². The summed E-state index contributed by atoms with van der Waals surface area (Å²) in [4.78, 5) is 26.2. The Morgan fingerprint density at radius 3 is 2.42 bits per heavy atom.